The van der Waals surface area contributed by atoms with Gasteiger partial charge in [0.2, 0.25) is 5.91 Å². The van der Waals surface area contributed by atoms with E-state index in [2.05, 4.69) is 10.1 Å². The van der Waals surface area contributed by atoms with Crippen LogP contribution in [0.2, 0.25) is 0 Å². The van der Waals surface area contributed by atoms with E-state index in [1.807, 2.05) is 30.3 Å². The number of benzene rings is 1. The van der Waals surface area contributed by atoms with Crippen molar-refractivity contribution in [1.29, 1.82) is 0 Å². The van der Waals surface area contributed by atoms with Crippen LogP contribution in [0.25, 0.3) is 0 Å². The topological polar surface area (TPSA) is 75.6 Å². The Morgan fingerprint density at radius 1 is 1.25 bits per heavy atom. The number of carboxylic acid groups (broad SMARTS) is 1. The van der Waals surface area contributed by atoms with Gasteiger partial charge in [-0.25, -0.2) is 4.79 Å². The van der Waals surface area contributed by atoms with Crippen LogP contribution in [0.15, 0.2) is 30.3 Å². The summed E-state index contributed by atoms with van der Waals surface area (Å²) in [6, 6.07) is 9.30. The van der Waals surface area contributed by atoms with Crippen LogP contribution in [0.3, 0.4) is 0 Å². The lowest BCUT2D eigenvalue weighted by atomic mass is 10.1. The minimum Gasteiger partial charge on any atom is -0.450 e. The number of hydrogen-bond acceptors (Lipinski definition) is 3. The Morgan fingerprint density at radius 2 is 1.94 bits per heavy atom. The molecule has 1 amide bonds. The molecule has 0 fully saturated rings. The van der Waals surface area contributed by atoms with Gasteiger partial charge in [0.05, 0.1) is 13.0 Å². The monoisotopic (exact) mass is 223 g/mol. The molecule has 0 saturated heterocycles. The zero-order valence-corrected chi connectivity index (χ0v) is 8.68. The SMILES string of the molecule is O=C(Cc1ccccc1)NCCOC(=O)O. The first-order chi connectivity index (χ1) is 7.68. The average Bonchev–Trinajstić information content (AvgIpc) is 2.25. The van der Waals surface area contributed by atoms with Crippen LogP contribution in [0, 0.1) is 0 Å². The van der Waals surface area contributed by atoms with Crippen LogP contribution in [0.1, 0.15) is 5.56 Å². The number of ether oxygens (including phenoxy) is 1. The molecule has 1 aromatic rings. The third-order valence-corrected chi connectivity index (χ3v) is 1.86. The van der Waals surface area contributed by atoms with E-state index in [0.717, 1.165) is 5.56 Å². The molecule has 86 valence electrons. The summed E-state index contributed by atoms with van der Waals surface area (Å²) in [5.74, 6) is -0.153. The van der Waals surface area contributed by atoms with Gasteiger partial charge in [0.25, 0.3) is 0 Å². The quantitative estimate of drug-likeness (QED) is 0.577. The molecule has 0 aliphatic carbocycles. The van der Waals surface area contributed by atoms with Gasteiger partial charge < -0.3 is 15.2 Å². The summed E-state index contributed by atoms with van der Waals surface area (Å²) in [5.41, 5.74) is 0.916. The highest BCUT2D eigenvalue weighted by molar-refractivity contribution is 5.78. The molecule has 0 radical (unpaired) electrons. The van der Waals surface area contributed by atoms with Gasteiger partial charge in [-0.05, 0) is 5.56 Å². The minimum absolute atomic E-state index is 0.0319. The molecule has 0 aliphatic heterocycles. The molecule has 0 aliphatic rings. The van der Waals surface area contributed by atoms with E-state index in [0.29, 0.717) is 0 Å². The lowest BCUT2D eigenvalue weighted by molar-refractivity contribution is -0.120. The second-order valence-electron chi connectivity index (χ2n) is 3.13. The maximum atomic E-state index is 11.3. The molecular weight excluding hydrogens is 210 g/mol. The molecule has 0 bridgehead atoms. The van der Waals surface area contributed by atoms with Crippen molar-refractivity contribution in [3.8, 4) is 0 Å². The van der Waals surface area contributed by atoms with Crippen molar-refractivity contribution >= 4 is 12.1 Å². The Kier molecular flexibility index (Phi) is 4.85. The number of carbonyl (C=O) groups excluding carboxylic acids is 1. The van der Waals surface area contributed by atoms with Crippen LogP contribution in [-0.4, -0.2) is 30.3 Å². The standard InChI is InChI=1S/C11H13NO4/c13-10(12-6-7-16-11(14)15)8-9-4-2-1-3-5-9/h1-5H,6-8H2,(H,12,13)(H,14,15). The van der Waals surface area contributed by atoms with Crippen LogP contribution < -0.4 is 5.32 Å². The van der Waals surface area contributed by atoms with E-state index in [1.54, 1.807) is 0 Å². The Hall–Kier alpha value is -2.04. The number of nitrogens with one attached hydrogen (secondary N) is 1. The molecule has 5 heteroatoms. The summed E-state index contributed by atoms with van der Waals surface area (Å²) in [7, 11) is 0. The molecule has 5 nitrogen and oxygen atoms in total. The molecular formula is C11H13NO4. The van der Waals surface area contributed by atoms with Gasteiger partial charge in [0.1, 0.15) is 6.61 Å². The maximum absolute atomic E-state index is 11.3. The van der Waals surface area contributed by atoms with Crippen molar-refractivity contribution in [2.75, 3.05) is 13.2 Å². The number of carbonyl (C=O) groups is 2. The third-order valence-electron chi connectivity index (χ3n) is 1.86. The summed E-state index contributed by atoms with van der Waals surface area (Å²) in [5, 5.41) is 10.7. The highest BCUT2D eigenvalue weighted by Crippen LogP contribution is 1.98. The summed E-state index contributed by atoms with van der Waals surface area (Å²) in [6.45, 7) is 0.161. The number of hydrogen-bond donors (Lipinski definition) is 2. The smallest absolute Gasteiger partial charge is 0.450 e. The van der Waals surface area contributed by atoms with E-state index in [9.17, 15) is 9.59 Å². The van der Waals surface area contributed by atoms with Crippen LogP contribution in [0.5, 0.6) is 0 Å². The van der Waals surface area contributed by atoms with Gasteiger partial charge in [-0.15, -0.1) is 0 Å². The lowest BCUT2D eigenvalue weighted by Gasteiger charge is -2.04. The zero-order chi connectivity index (χ0) is 11.8. The fraction of sp³-hybridized carbons (Fsp3) is 0.273. The number of amides is 1. The first-order valence-corrected chi connectivity index (χ1v) is 4.85. The highest BCUT2D eigenvalue weighted by Gasteiger charge is 2.02. The van der Waals surface area contributed by atoms with Crippen molar-refractivity contribution in [2.45, 2.75) is 6.42 Å². The zero-order valence-electron chi connectivity index (χ0n) is 8.68. The maximum Gasteiger partial charge on any atom is 0.505 e. The summed E-state index contributed by atoms with van der Waals surface area (Å²) in [6.07, 6.45) is -1.05. The molecule has 1 aromatic carbocycles. The Bertz CT molecular complexity index is 350. The van der Waals surface area contributed by atoms with Crippen molar-refractivity contribution in [1.82, 2.24) is 5.32 Å². The fourth-order valence-electron chi connectivity index (χ4n) is 1.17. The average molecular weight is 223 g/mol. The van der Waals surface area contributed by atoms with E-state index < -0.39 is 6.16 Å². The Balaban J connectivity index is 2.19. The molecule has 0 atom stereocenters. The van der Waals surface area contributed by atoms with Crippen LogP contribution in [-0.2, 0) is 16.0 Å². The van der Waals surface area contributed by atoms with Crippen LogP contribution in [0.4, 0.5) is 4.79 Å². The van der Waals surface area contributed by atoms with Crippen LogP contribution >= 0.6 is 0 Å². The molecule has 0 saturated carbocycles. The molecule has 0 spiro atoms. The fourth-order valence-corrected chi connectivity index (χ4v) is 1.17. The van der Waals surface area contributed by atoms with Gasteiger partial charge in [-0.3, -0.25) is 4.79 Å². The lowest BCUT2D eigenvalue weighted by Crippen LogP contribution is -2.29. The third kappa shape index (κ3) is 4.99. The summed E-state index contributed by atoms with van der Waals surface area (Å²) < 4.78 is 4.24. The summed E-state index contributed by atoms with van der Waals surface area (Å²) >= 11 is 0. The second-order valence-corrected chi connectivity index (χ2v) is 3.13. The van der Waals surface area contributed by atoms with E-state index in [1.165, 1.54) is 0 Å². The van der Waals surface area contributed by atoms with Crippen molar-refractivity contribution in [2.24, 2.45) is 0 Å². The highest BCUT2D eigenvalue weighted by atomic mass is 16.7. The molecule has 0 heterocycles. The van der Waals surface area contributed by atoms with Gasteiger partial charge in [0.15, 0.2) is 0 Å². The normalized spacial score (nSPS) is 9.50. The largest absolute Gasteiger partial charge is 0.505 e. The van der Waals surface area contributed by atoms with E-state index >= 15 is 0 Å². The molecule has 2 N–H and O–H groups in total. The first-order valence-electron chi connectivity index (χ1n) is 4.85. The van der Waals surface area contributed by atoms with Gasteiger partial charge >= 0.3 is 6.16 Å². The second kappa shape index (κ2) is 6.44. The predicted molar refractivity (Wildman–Crippen MR) is 57.1 cm³/mol. The predicted octanol–water partition coefficient (Wildman–Crippen LogP) is 1.04. The van der Waals surface area contributed by atoms with E-state index in [-0.39, 0.29) is 25.5 Å². The van der Waals surface area contributed by atoms with Crippen molar-refractivity contribution in [3.05, 3.63) is 35.9 Å². The van der Waals surface area contributed by atoms with Crippen molar-refractivity contribution < 1.29 is 19.4 Å². The molecule has 0 unspecified atom stereocenters. The minimum atomic E-state index is -1.34. The summed E-state index contributed by atoms with van der Waals surface area (Å²) in [4.78, 5) is 21.3. The Morgan fingerprint density at radius 3 is 2.56 bits per heavy atom. The van der Waals surface area contributed by atoms with Gasteiger partial charge in [0, 0.05) is 0 Å². The van der Waals surface area contributed by atoms with Gasteiger partial charge in [-0.2, -0.15) is 0 Å². The number of rotatable bonds is 5. The van der Waals surface area contributed by atoms with Crippen molar-refractivity contribution in [3.63, 3.8) is 0 Å². The van der Waals surface area contributed by atoms with Gasteiger partial charge in [-0.1, -0.05) is 30.3 Å². The molecule has 0 aromatic heterocycles. The molecule has 16 heavy (non-hydrogen) atoms. The first kappa shape index (κ1) is 12.0. The Labute approximate surface area is 93.0 Å². The van der Waals surface area contributed by atoms with E-state index in [4.69, 9.17) is 5.11 Å². The molecule has 1 rings (SSSR count).